The minimum Gasteiger partial charge on any atom is -0.342 e. The van der Waals surface area contributed by atoms with Gasteiger partial charge in [0.05, 0.1) is 0 Å². The monoisotopic (exact) mass is 240 g/mol. The molecule has 0 bridgehead atoms. The van der Waals surface area contributed by atoms with Crippen LogP contribution in [-0.4, -0.2) is 30.4 Å². The van der Waals surface area contributed by atoms with Gasteiger partial charge in [0.15, 0.2) is 0 Å². The molecule has 0 aromatic carbocycles. The zero-order chi connectivity index (χ0) is 12.7. The smallest absolute Gasteiger partial charge is 0.225 e. The molecule has 17 heavy (non-hydrogen) atoms. The molecule has 0 aliphatic carbocycles. The molecule has 0 radical (unpaired) electrons. The Balaban J connectivity index is 2.48. The lowest BCUT2D eigenvalue weighted by Crippen LogP contribution is -2.44. The second-order valence-electron chi connectivity index (χ2n) is 5.28. The maximum atomic E-state index is 12.4. The van der Waals surface area contributed by atoms with E-state index in [4.69, 9.17) is 5.73 Å². The molecule has 0 unspecified atom stereocenters. The summed E-state index contributed by atoms with van der Waals surface area (Å²) in [6, 6.07) is 0. The van der Waals surface area contributed by atoms with E-state index in [9.17, 15) is 4.79 Å². The summed E-state index contributed by atoms with van der Waals surface area (Å²) < 4.78 is 0. The highest BCUT2D eigenvalue weighted by molar-refractivity contribution is 5.78. The zero-order valence-corrected chi connectivity index (χ0v) is 11.5. The van der Waals surface area contributed by atoms with Gasteiger partial charge in [-0.3, -0.25) is 4.79 Å². The largest absolute Gasteiger partial charge is 0.342 e. The second kappa shape index (κ2) is 7.70. The third-order valence-corrected chi connectivity index (χ3v) is 3.91. The Morgan fingerprint density at radius 1 is 1.47 bits per heavy atom. The van der Waals surface area contributed by atoms with Crippen molar-refractivity contribution in [2.75, 3.05) is 19.6 Å². The first-order chi connectivity index (χ1) is 8.22. The number of hydrogen-bond acceptors (Lipinski definition) is 2. The van der Waals surface area contributed by atoms with Crippen molar-refractivity contribution in [1.29, 1.82) is 0 Å². The van der Waals surface area contributed by atoms with Gasteiger partial charge in [-0.2, -0.15) is 0 Å². The molecule has 100 valence electrons. The molecule has 1 saturated heterocycles. The molecule has 0 spiro atoms. The van der Waals surface area contributed by atoms with E-state index in [-0.39, 0.29) is 5.92 Å². The molecule has 1 amide bonds. The van der Waals surface area contributed by atoms with Gasteiger partial charge in [-0.1, -0.05) is 26.7 Å². The Morgan fingerprint density at radius 2 is 2.24 bits per heavy atom. The summed E-state index contributed by atoms with van der Waals surface area (Å²) in [5.41, 5.74) is 5.72. The molecule has 1 aliphatic heterocycles. The fourth-order valence-electron chi connectivity index (χ4n) is 2.67. The number of likely N-dealkylation sites (tertiary alicyclic amines) is 1. The van der Waals surface area contributed by atoms with Gasteiger partial charge in [0.1, 0.15) is 0 Å². The first kappa shape index (κ1) is 14.5. The second-order valence-corrected chi connectivity index (χ2v) is 5.28. The summed E-state index contributed by atoms with van der Waals surface area (Å²) >= 11 is 0. The molecular formula is C14H28N2O. The van der Waals surface area contributed by atoms with Crippen molar-refractivity contribution in [3.05, 3.63) is 0 Å². The number of rotatable bonds is 6. The van der Waals surface area contributed by atoms with Crippen molar-refractivity contribution in [1.82, 2.24) is 4.90 Å². The van der Waals surface area contributed by atoms with Gasteiger partial charge < -0.3 is 10.6 Å². The molecule has 3 nitrogen and oxygen atoms in total. The number of hydrogen-bond donors (Lipinski definition) is 1. The summed E-state index contributed by atoms with van der Waals surface area (Å²) in [5.74, 6) is 1.14. The van der Waals surface area contributed by atoms with Gasteiger partial charge in [0.2, 0.25) is 5.91 Å². The Kier molecular flexibility index (Phi) is 6.56. The van der Waals surface area contributed by atoms with Gasteiger partial charge in [0, 0.05) is 19.0 Å². The molecule has 1 fully saturated rings. The topological polar surface area (TPSA) is 46.3 Å². The van der Waals surface area contributed by atoms with Gasteiger partial charge in [-0.25, -0.2) is 0 Å². The summed E-state index contributed by atoms with van der Waals surface area (Å²) in [4.78, 5) is 14.4. The number of carbonyl (C=O) groups is 1. The van der Waals surface area contributed by atoms with Crippen molar-refractivity contribution >= 4 is 5.91 Å². The minimum absolute atomic E-state index is 0.242. The van der Waals surface area contributed by atoms with E-state index in [2.05, 4.69) is 18.7 Å². The van der Waals surface area contributed by atoms with Crippen LogP contribution in [0.3, 0.4) is 0 Å². The lowest BCUT2D eigenvalue weighted by molar-refractivity contribution is -0.137. The van der Waals surface area contributed by atoms with Gasteiger partial charge in [-0.15, -0.1) is 0 Å². The summed E-state index contributed by atoms with van der Waals surface area (Å²) in [6.45, 7) is 6.86. The van der Waals surface area contributed by atoms with Gasteiger partial charge in [-0.05, 0) is 38.1 Å². The van der Waals surface area contributed by atoms with Crippen molar-refractivity contribution < 1.29 is 4.79 Å². The Morgan fingerprint density at radius 3 is 2.82 bits per heavy atom. The molecule has 0 aromatic rings. The predicted octanol–water partition coefficient (Wildman–Crippen LogP) is 2.40. The van der Waals surface area contributed by atoms with Crippen LogP contribution < -0.4 is 5.73 Å². The maximum Gasteiger partial charge on any atom is 0.225 e. The standard InChI is InChI=1S/C14H28N2O/c1-3-5-8-13(4-2)14(17)16-9-6-7-12(10-15)11-16/h12-13H,3-11,15H2,1-2H3/t12-,13-/m1/s1. The predicted molar refractivity (Wildman–Crippen MR) is 71.7 cm³/mol. The van der Waals surface area contributed by atoms with E-state index >= 15 is 0 Å². The number of piperidine rings is 1. The van der Waals surface area contributed by atoms with Crippen LogP contribution in [0.1, 0.15) is 52.4 Å². The van der Waals surface area contributed by atoms with Crippen LogP contribution in [0.2, 0.25) is 0 Å². The average Bonchev–Trinajstić information content (AvgIpc) is 2.39. The van der Waals surface area contributed by atoms with Crippen LogP contribution in [0.4, 0.5) is 0 Å². The lowest BCUT2D eigenvalue weighted by atomic mass is 9.93. The Labute approximate surface area is 106 Å². The molecular weight excluding hydrogens is 212 g/mol. The van der Waals surface area contributed by atoms with Crippen LogP contribution in [0.15, 0.2) is 0 Å². The molecule has 1 heterocycles. The number of nitrogens with two attached hydrogens (primary N) is 1. The van der Waals surface area contributed by atoms with E-state index < -0.39 is 0 Å². The summed E-state index contributed by atoms with van der Waals surface area (Å²) in [6.07, 6.45) is 6.68. The third kappa shape index (κ3) is 4.30. The van der Waals surface area contributed by atoms with Crippen molar-refractivity contribution in [3.63, 3.8) is 0 Å². The number of nitrogens with zero attached hydrogens (tertiary/aromatic N) is 1. The summed E-state index contributed by atoms with van der Waals surface area (Å²) in [7, 11) is 0. The van der Waals surface area contributed by atoms with Crippen LogP contribution in [-0.2, 0) is 4.79 Å². The normalized spacial score (nSPS) is 22.5. The van der Waals surface area contributed by atoms with Gasteiger partial charge >= 0.3 is 0 Å². The molecule has 0 saturated carbocycles. The van der Waals surface area contributed by atoms with E-state index in [1.54, 1.807) is 0 Å². The molecule has 2 N–H and O–H groups in total. The molecule has 3 heteroatoms. The molecule has 1 rings (SSSR count). The highest BCUT2D eigenvalue weighted by atomic mass is 16.2. The number of unbranched alkanes of at least 4 members (excludes halogenated alkanes) is 1. The van der Waals surface area contributed by atoms with E-state index in [1.807, 2.05) is 0 Å². The third-order valence-electron chi connectivity index (χ3n) is 3.91. The lowest BCUT2D eigenvalue weighted by Gasteiger charge is -2.34. The zero-order valence-electron chi connectivity index (χ0n) is 11.5. The SMILES string of the molecule is CCCC[C@@H](CC)C(=O)N1CCC[C@H](CN)C1. The van der Waals surface area contributed by atoms with Crippen molar-refractivity contribution in [2.24, 2.45) is 17.6 Å². The fourth-order valence-corrected chi connectivity index (χ4v) is 2.67. The molecule has 2 atom stereocenters. The molecule has 0 aromatic heterocycles. The average molecular weight is 240 g/mol. The quantitative estimate of drug-likeness (QED) is 0.775. The first-order valence-corrected chi connectivity index (χ1v) is 7.21. The summed E-state index contributed by atoms with van der Waals surface area (Å²) in [5, 5.41) is 0. The van der Waals surface area contributed by atoms with Gasteiger partial charge in [0.25, 0.3) is 0 Å². The van der Waals surface area contributed by atoms with Crippen LogP contribution >= 0.6 is 0 Å². The highest BCUT2D eigenvalue weighted by Gasteiger charge is 2.26. The highest BCUT2D eigenvalue weighted by Crippen LogP contribution is 2.21. The Hall–Kier alpha value is -0.570. The van der Waals surface area contributed by atoms with E-state index in [0.29, 0.717) is 11.8 Å². The maximum absolute atomic E-state index is 12.4. The van der Waals surface area contributed by atoms with E-state index in [0.717, 1.165) is 38.9 Å². The van der Waals surface area contributed by atoms with Crippen molar-refractivity contribution in [3.8, 4) is 0 Å². The number of carbonyl (C=O) groups excluding carboxylic acids is 1. The van der Waals surface area contributed by atoms with Crippen LogP contribution in [0.25, 0.3) is 0 Å². The van der Waals surface area contributed by atoms with Crippen LogP contribution in [0.5, 0.6) is 0 Å². The number of amides is 1. The molecule has 1 aliphatic rings. The fraction of sp³-hybridized carbons (Fsp3) is 0.929. The Bertz CT molecular complexity index is 230. The van der Waals surface area contributed by atoms with Crippen molar-refractivity contribution in [2.45, 2.75) is 52.4 Å². The first-order valence-electron chi connectivity index (χ1n) is 7.21. The van der Waals surface area contributed by atoms with E-state index in [1.165, 1.54) is 19.3 Å². The van der Waals surface area contributed by atoms with Crippen LogP contribution in [0, 0.1) is 11.8 Å². The minimum atomic E-state index is 0.242.